The van der Waals surface area contributed by atoms with E-state index in [0.29, 0.717) is 32.7 Å². The smallest absolute Gasteiger partial charge is 0.123 e. The molecule has 2 aliphatic rings. The van der Waals surface area contributed by atoms with Crippen molar-refractivity contribution in [2.45, 2.75) is 56.2 Å². The summed E-state index contributed by atoms with van der Waals surface area (Å²) in [5.41, 5.74) is 6.14. The number of halogens is 1. The van der Waals surface area contributed by atoms with Crippen molar-refractivity contribution in [2.24, 2.45) is 5.73 Å². The van der Waals surface area contributed by atoms with Gasteiger partial charge in [0.05, 0.1) is 13.2 Å². The van der Waals surface area contributed by atoms with Crippen LogP contribution in [-0.4, -0.2) is 47.6 Å². The van der Waals surface area contributed by atoms with E-state index in [1.807, 2.05) is 26.0 Å². The van der Waals surface area contributed by atoms with Crippen molar-refractivity contribution < 1.29 is 14.2 Å². The predicted octanol–water partition coefficient (Wildman–Crippen LogP) is 2.40. The van der Waals surface area contributed by atoms with Crippen LogP contribution in [0.5, 0.6) is 0 Å². The summed E-state index contributed by atoms with van der Waals surface area (Å²) in [6.45, 7) is 6.59. The molecule has 0 amide bonds. The van der Waals surface area contributed by atoms with Crippen LogP contribution in [0.1, 0.15) is 45.1 Å². The molecule has 3 N–H and O–H groups in total. The minimum absolute atomic E-state index is 0.197. The van der Waals surface area contributed by atoms with Gasteiger partial charge in [-0.05, 0) is 44.4 Å². The maximum atomic E-state index is 13.3. The van der Waals surface area contributed by atoms with E-state index in [1.54, 1.807) is 0 Å². The second-order valence-corrected chi connectivity index (χ2v) is 7.85. The van der Waals surface area contributed by atoms with Crippen molar-refractivity contribution in [3.63, 3.8) is 0 Å². The Bertz CT molecular complexity index is 561. The molecule has 2 atom stereocenters. The van der Waals surface area contributed by atoms with Crippen molar-refractivity contribution in [1.82, 2.24) is 4.90 Å². The van der Waals surface area contributed by atoms with Crippen LogP contribution in [0.2, 0.25) is 0 Å². The molecule has 1 aromatic carbocycles. The Morgan fingerprint density at radius 1 is 1.21 bits per heavy atom. The third kappa shape index (κ3) is 3.10. The zero-order valence-electron chi connectivity index (χ0n) is 14.7. The first kappa shape index (κ1) is 17.8. The standard InChI is InChI=1S/C19H29FN2O2/c1-17(21,14-18(2,23)22-10-12-24-13-11-22)19(8-3-9-19)15-4-6-16(20)7-5-15/h4-7,23H,3,8-14,21H2,1-2H3. The van der Waals surface area contributed by atoms with Crippen molar-refractivity contribution in [3.05, 3.63) is 35.6 Å². The normalized spacial score (nSPS) is 26.2. The average Bonchev–Trinajstić information content (AvgIpc) is 2.47. The Morgan fingerprint density at radius 2 is 1.79 bits per heavy atom. The van der Waals surface area contributed by atoms with E-state index in [0.717, 1.165) is 24.8 Å². The summed E-state index contributed by atoms with van der Waals surface area (Å²) in [6, 6.07) is 6.71. The molecule has 5 heteroatoms. The zero-order chi connectivity index (χ0) is 17.4. The molecule has 2 unspecified atom stereocenters. The molecule has 0 spiro atoms. The maximum Gasteiger partial charge on any atom is 0.123 e. The molecule has 4 nitrogen and oxygen atoms in total. The lowest BCUT2D eigenvalue weighted by molar-refractivity contribution is -0.149. The highest BCUT2D eigenvalue weighted by Gasteiger charge is 2.53. The van der Waals surface area contributed by atoms with Crippen LogP contribution >= 0.6 is 0 Å². The van der Waals surface area contributed by atoms with Gasteiger partial charge in [0.1, 0.15) is 11.5 Å². The van der Waals surface area contributed by atoms with Gasteiger partial charge in [-0.15, -0.1) is 0 Å². The Morgan fingerprint density at radius 3 is 2.29 bits per heavy atom. The lowest BCUT2D eigenvalue weighted by atomic mass is 9.53. The molecule has 134 valence electrons. The van der Waals surface area contributed by atoms with Crippen molar-refractivity contribution in [3.8, 4) is 0 Å². The minimum Gasteiger partial charge on any atom is -0.379 e. The van der Waals surface area contributed by atoms with Crippen molar-refractivity contribution in [1.29, 1.82) is 0 Å². The first-order valence-corrected chi connectivity index (χ1v) is 8.87. The quantitative estimate of drug-likeness (QED) is 0.867. The number of hydrogen-bond donors (Lipinski definition) is 2. The molecule has 2 fully saturated rings. The number of ether oxygens (including phenoxy) is 1. The SMILES string of the molecule is CC(O)(CC(C)(N)C1(c2ccc(F)cc2)CCC1)N1CCOCC1. The van der Waals surface area contributed by atoms with Gasteiger partial charge in [-0.1, -0.05) is 18.6 Å². The monoisotopic (exact) mass is 336 g/mol. The highest BCUT2D eigenvalue weighted by atomic mass is 19.1. The molecule has 0 radical (unpaired) electrons. The summed E-state index contributed by atoms with van der Waals surface area (Å²) in [5, 5.41) is 11.1. The fourth-order valence-electron chi connectivity index (χ4n) is 4.51. The van der Waals surface area contributed by atoms with Gasteiger partial charge in [-0.25, -0.2) is 4.39 Å². The van der Waals surface area contributed by atoms with E-state index in [-0.39, 0.29) is 11.2 Å². The molecule has 0 aromatic heterocycles. The molecule has 1 aliphatic carbocycles. The van der Waals surface area contributed by atoms with Gasteiger partial charge in [0.2, 0.25) is 0 Å². The lowest BCUT2D eigenvalue weighted by Crippen LogP contribution is -2.65. The Hall–Kier alpha value is -1.01. The van der Waals surface area contributed by atoms with Crippen LogP contribution < -0.4 is 5.73 Å². The predicted molar refractivity (Wildman–Crippen MR) is 92.2 cm³/mol. The number of nitrogens with two attached hydrogens (primary N) is 1. The molecule has 1 heterocycles. The van der Waals surface area contributed by atoms with Crippen LogP contribution in [0.25, 0.3) is 0 Å². The van der Waals surface area contributed by atoms with Crippen LogP contribution in [0.3, 0.4) is 0 Å². The van der Waals surface area contributed by atoms with Crippen molar-refractivity contribution in [2.75, 3.05) is 26.3 Å². The van der Waals surface area contributed by atoms with E-state index >= 15 is 0 Å². The third-order valence-corrected chi connectivity index (χ3v) is 6.09. The zero-order valence-corrected chi connectivity index (χ0v) is 14.7. The van der Waals surface area contributed by atoms with Gasteiger partial charge in [-0.3, -0.25) is 4.90 Å². The van der Waals surface area contributed by atoms with Gasteiger partial charge >= 0.3 is 0 Å². The highest BCUT2D eigenvalue weighted by molar-refractivity contribution is 5.34. The van der Waals surface area contributed by atoms with E-state index in [9.17, 15) is 9.50 Å². The summed E-state index contributed by atoms with van der Waals surface area (Å²) < 4.78 is 18.7. The minimum atomic E-state index is -0.976. The Kier molecular flexibility index (Phi) is 4.73. The first-order valence-electron chi connectivity index (χ1n) is 8.87. The van der Waals surface area contributed by atoms with E-state index < -0.39 is 11.3 Å². The summed E-state index contributed by atoms with van der Waals surface area (Å²) >= 11 is 0. The summed E-state index contributed by atoms with van der Waals surface area (Å²) in [6.07, 6.45) is 3.54. The summed E-state index contributed by atoms with van der Waals surface area (Å²) in [4.78, 5) is 2.05. The number of hydrogen-bond acceptors (Lipinski definition) is 4. The molecule has 3 rings (SSSR count). The first-order chi connectivity index (χ1) is 11.3. The van der Waals surface area contributed by atoms with E-state index in [2.05, 4.69) is 4.90 Å². The molecule has 1 saturated carbocycles. The fourth-order valence-corrected chi connectivity index (χ4v) is 4.51. The van der Waals surface area contributed by atoms with E-state index in [1.165, 1.54) is 12.1 Å². The molecular formula is C19H29FN2O2. The molecule has 24 heavy (non-hydrogen) atoms. The van der Waals surface area contributed by atoms with Crippen molar-refractivity contribution >= 4 is 0 Å². The summed E-state index contributed by atoms with van der Waals surface area (Å²) in [7, 11) is 0. The summed E-state index contributed by atoms with van der Waals surface area (Å²) in [5.74, 6) is -0.229. The van der Waals surface area contributed by atoms with Crippen LogP contribution in [0.15, 0.2) is 24.3 Å². The van der Waals surface area contributed by atoms with Crippen LogP contribution in [0, 0.1) is 5.82 Å². The fraction of sp³-hybridized carbons (Fsp3) is 0.684. The van der Waals surface area contributed by atoms with Crippen LogP contribution in [-0.2, 0) is 10.2 Å². The van der Waals surface area contributed by atoms with Gasteiger partial charge in [0, 0.05) is 30.5 Å². The molecule has 1 aliphatic heterocycles. The second kappa shape index (κ2) is 6.37. The lowest BCUT2D eigenvalue weighted by Gasteiger charge is -2.56. The Balaban J connectivity index is 1.83. The van der Waals surface area contributed by atoms with Gasteiger partial charge in [0.15, 0.2) is 0 Å². The Labute approximate surface area is 143 Å². The second-order valence-electron chi connectivity index (χ2n) is 7.85. The van der Waals surface area contributed by atoms with E-state index in [4.69, 9.17) is 10.5 Å². The number of morpholine rings is 1. The van der Waals surface area contributed by atoms with Crippen LogP contribution in [0.4, 0.5) is 4.39 Å². The van der Waals surface area contributed by atoms with Gasteiger partial charge in [0.25, 0.3) is 0 Å². The topological polar surface area (TPSA) is 58.7 Å². The van der Waals surface area contributed by atoms with Gasteiger partial charge < -0.3 is 15.6 Å². The average molecular weight is 336 g/mol. The molecular weight excluding hydrogens is 307 g/mol. The number of benzene rings is 1. The largest absolute Gasteiger partial charge is 0.379 e. The molecule has 1 aromatic rings. The molecule has 1 saturated heterocycles. The number of aliphatic hydroxyl groups is 1. The number of rotatable bonds is 5. The molecule has 0 bridgehead atoms. The maximum absolute atomic E-state index is 13.3. The number of nitrogens with zero attached hydrogens (tertiary/aromatic N) is 1. The highest BCUT2D eigenvalue weighted by Crippen LogP contribution is 2.52. The van der Waals surface area contributed by atoms with Gasteiger partial charge in [-0.2, -0.15) is 0 Å². The third-order valence-electron chi connectivity index (χ3n) is 6.09.